The topological polar surface area (TPSA) is 49.9 Å². The van der Waals surface area contributed by atoms with Gasteiger partial charge in [-0.05, 0) is 49.4 Å². The van der Waals surface area contributed by atoms with E-state index in [-0.39, 0.29) is 11.8 Å². The maximum Gasteiger partial charge on any atom is 0.227 e. The maximum atomic E-state index is 12.7. The number of nitrogens with zero attached hydrogens (tertiary/aromatic N) is 2. The lowest BCUT2D eigenvalue weighted by Crippen LogP contribution is -2.38. The number of methoxy groups -OCH3 is 1. The molecule has 1 aromatic rings. The smallest absolute Gasteiger partial charge is 0.227 e. The highest BCUT2D eigenvalue weighted by atomic mass is 16.5. The molecule has 1 saturated heterocycles. The average molecular weight is 346 g/mol. The quantitative estimate of drug-likeness (QED) is 0.824. The maximum absolute atomic E-state index is 12.7. The van der Waals surface area contributed by atoms with E-state index >= 15 is 0 Å². The summed E-state index contributed by atoms with van der Waals surface area (Å²) in [5.74, 6) is 1.20. The van der Waals surface area contributed by atoms with Crippen LogP contribution in [0.5, 0.6) is 5.75 Å². The number of ether oxygens (including phenoxy) is 1. The zero-order valence-electron chi connectivity index (χ0n) is 15.9. The molecule has 2 amide bonds. The van der Waals surface area contributed by atoms with Gasteiger partial charge < -0.3 is 14.5 Å². The molecule has 0 N–H and O–H groups in total. The molecule has 0 unspecified atom stereocenters. The van der Waals surface area contributed by atoms with Crippen LogP contribution >= 0.6 is 0 Å². The van der Waals surface area contributed by atoms with E-state index < -0.39 is 0 Å². The molecule has 1 fully saturated rings. The molecule has 1 heterocycles. The van der Waals surface area contributed by atoms with E-state index in [2.05, 4.69) is 0 Å². The Kier molecular flexibility index (Phi) is 6.85. The first-order valence-corrected chi connectivity index (χ1v) is 9.16. The fourth-order valence-electron chi connectivity index (χ4n) is 3.32. The number of carbonyl (C=O) groups is 2. The molecule has 0 saturated carbocycles. The summed E-state index contributed by atoms with van der Waals surface area (Å²) in [5, 5.41) is 0. The van der Waals surface area contributed by atoms with E-state index in [4.69, 9.17) is 4.74 Å². The predicted octanol–water partition coefficient (Wildman–Crippen LogP) is 2.72. The van der Waals surface area contributed by atoms with Crippen LogP contribution in [0.15, 0.2) is 12.1 Å². The first kappa shape index (κ1) is 19.3. The molecular weight excluding hydrogens is 316 g/mol. The van der Waals surface area contributed by atoms with Gasteiger partial charge in [-0.3, -0.25) is 9.59 Å². The van der Waals surface area contributed by atoms with Crippen LogP contribution in [0.4, 0.5) is 0 Å². The SMILES string of the molecule is CCCC(=O)N1CCCN(C(=O)Cc2cc(C)c(OC)cc2C)CC1. The van der Waals surface area contributed by atoms with Gasteiger partial charge in [0, 0.05) is 32.6 Å². The third-order valence-corrected chi connectivity index (χ3v) is 4.86. The first-order valence-electron chi connectivity index (χ1n) is 9.16. The second kappa shape index (κ2) is 8.88. The Balaban J connectivity index is 1.99. The van der Waals surface area contributed by atoms with Crippen LogP contribution in [-0.2, 0) is 16.0 Å². The van der Waals surface area contributed by atoms with Crippen molar-refractivity contribution in [1.29, 1.82) is 0 Å². The molecule has 0 aliphatic carbocycles. The number of hydrogen-bond donors (Lipinski definition) is 0. The lowest BCUT2D eigenvalue weighted by Gasteiger charge is -2.22. The van der Waals surface area contributed by atoms with Crippen molar-refractivity contribution in [3.05, 3.63) is 28.8 Å². The summed E-state index contributed by atoms with van der Waals surface area (Å²) < 4.78 is 5.34. The zero-order chi connectivity index (χ0) is 18.4. The van der Waals surface area contributed by atoms with Crippen molar-refractivity contribution in [2.45, 2.75) is 46.5 Å². The van der Waals surface area contributed by atoms with Crippen LogP contribution in [0, 0.1) is 13.8 Å². The minimum Gasteiger partial charge on any atom is -0.496 e. The lowest BCUT2D eigenvalue weighted by molar-refractivity contribution is -0.133. The van der Waals surface area contributed by atoms with E-state index in [9.17, 15) is 9.59 Å². The molecule has 1 aliphatic rings. The fraction of sp³-hybridized carbons (Fsp3) is 0.600. The normalized spacial score (nSPS) is 15.0. The second-order valence-corrected chi connectivity index (χ2v) is 6.79. The Morgan fingerprint density at radius 1 is 1.00 bits per heavy atom. The summed E-state index contributed by atoms with van der Waals surface area (Å²) in [4.78, 5) is 28.6. The number of benzene rings is 1. The van der Waals surface area contributed by atoms with Crippen molar-refractivity contribution < 1.29 is 14.3 Å². The fourth-order valence-corrected chi connectivity index (χ4v) is 3.32. The minimum absolute atomic E-state index is 0.137. The van der Waals surface area contributed by atoms with Crippen LogP contribution in [0.3, 0.4) is 0 Å². The summed E-state index contributed by atoms with van der Waals surface area (Å²) in [6.45, 7) is 8.78. The van der Waals surface area contributed by atoms with Crippen molar-refractivity contribution in [1.82, 2.24) is 9.80 Å². The number of aryl methyl sites for hydroxylation is 2. The molecule has 0 bridgehead atoms. The number of hydrogen-bond acceptors (Lipinski definition) is 3. The lowest BCUT2D eigenvalue weighted by atomic mass is 10.0. The Hall–Kier alpha value is -2.04. The first-order chi connectivity index (χ1) is 12.0. The molecule has 0 radical (unpaired) electrons. The standard InChI is InChI=1S/C20H30N2O3/c1-5-7-19(23)21-8-6-9-22(11-10-21)20(24)14-17-12-16(3)18(25-4)13-15(17)2/h12-13H,5-11,14H2,1-4H3. The number of rotatable bonds is 5. The Morgan fingerprint density at radius 2 is 1.64 bits per heavy atom. The zero-order valence-corrected chi connectivity index (χ0v) is 15.9. The molecule has 2 rings (SSSR count). The predicted molar refractivity (Wildman–Crippen MR) is 98.9 cm³/mol. The van der Waals surface area contributed by atoms with Gasteiger partial charge in [0.15, 0.2) is 0 Å². The molecule has 1 aliphatic heterocycles. The summed E-state index contributed by atoms with van der Waals surface area (Å²) in [6, 6.07) is 4.03. The van der Waals surface area contributed by atoms with Crippen molar-refractivity contribution in [2.75, 3.05) is 33.3 Å². The largest absolute Gasteiger partial charge is 0.496 e. The van der Waals surface area contributed by atoms with Crippen molar-refractivity contribution >= 4 is 11.8 Å². The van der Waals surface area contributed by atoms with Gasteiger partial charge in [-0.2, -0.15) is 0 Å². The summed E-state index contributed by atoms with van der Waals surface area (Å²) in [5.41, 5.74) is 3.17. The van der Waals surface area contributed by atoms with E-state index in [1.54, 1.807) is 7.11 Å². The van der Waals surface area contributed by atoms with Crippen LogP contribution in [0.25, 0.3) is 0 Å². The van der Waals surface area contributed by atoms with Gasteiger partial charge in [-0.25, -0.2) is 0 Å². The minimum atomic E-state index is 0.137. The van der Waals surface area contributed by atoms with Gasteiger partial charge in [-0.15, -0.1) is 0 Å². The van der Waals surface area contributed by atoms with E-state index in [1.807, 2.05) is 42.7 Å². The molecular formula is C20H30N2O3. The summed E-state index contributed by atoms with van der Waals surface area (Å²) in [7, 11) is 1.66. The van der Waals surface area contributed by atoms with Crippen molar-refractivity contribution in [2.24, 2.45) is 0 Å². The summed E-state index contributed by atoms with van der Waals surface area (Å²) >= 11 is 0. The van der Waals surface area contributed by atoms with Gasteiger partial charge in [-0.1, -0.05) is 13.0 Å². The van der Waals surface area contributed by atoms with Crippen LogP contribution in [0.1, 0.15) is 42.9 Å². The molecule has 0 aromatic heterocycles. The molecule has 138 valence electrons. The van der Waals surface area contributed by atoms with Gasteiger partial charge in [0.05, 0.1) is 13.5 Å². The van der Waals surface area contributed by atoms with Crippen LogP contribution < -0.4 is 4.74 Å². The Morgan fingerprint density at radius 3 is 2.24 bits per heavy atom. The molecule has 25 heavy (non-hydrogen) atoms. The molecule has 0 atom stereocenters. The average Bonchev–Trinajstić information content (AvgIpc) is 2.84. The third kappa shape index (κ3) is 4.97. The molecule has 5 nitrogen and oxygen atoms in total. The Bertz CT molecular complexity index is 628. The molecule has 1 aromatic carbocycles. The van der Waals surface area contributed by atoms with Crippen molar-refractivity contribution in [3.63, 3.8) is 0 Å². The highest BCUT2D eigenvalue weighted by Gasteiger charge is 2.22. The van der Waals surface area contributed by atoms with Gasteiger partial charge in [0.25, 0.3) is 0 Å². The van der Waals surface area contributed by atoms with Gasteiger partial charge >= 0.3 is 0 Å². The van der Waals surface area contributed by atoms with E-state index in [0.29, 0.717) is 25.9 Å². The van der Waals surface area contributed by atoms with Crippen molar-refractivity contribution in [3.8, 4) is 5.75 Å². The Labute approximate surface area is 150 Å². The highest BCUT2D eigenvalue weighted by Crippen LogP contribution is 2.23. The second-order valence-electron chi connectivity index (χ2n) is 6.79. The molecule has 0 spiro atoms. The van der Waals surface area contributed by atoms with Gasteiger partial charge in [0.2, 0.25) is 11.8 Å². The van der Waals surface area contributed by atoms with Crippen LogP contribution in [-0.4, -0.2) is 54.9 Å². The van der Waals surface area contributed by atoms with Crippen LogP contribution in [0.2, 0.25) is 0 Å². The summed E-state index contributed by atoms with van der Waals surface area (Å²) in [6.07, 6.45) is 2.72. The number of carbonyl (C=O) groups excluding carboxylic acids is 2. The third-order valence-electron chi connectivity index (χ3n) is 4.86. The molecule has 5 heteroatoms. The highest BCUT2D eigenvalue weighted by molar-refractivity contribution is 5.80. The number of amides is 2. The van der Waals surface area contributed by atoms with E-state index in [1.165, 1.54) is 0 Å². The van der Waals surface area contributed by atoms with Gasteiger partial charge in [0.1, 0.15) is 5.75 Å². The monoisotopic (exact) mass is 346 g/mol. The van der Waals surface area contributed by atoms with E-state index in [0.717, 1.165) is 48.4 Å².